The van der Waals surface area contributed by atoms with Crippen LogP contribution in [0.25, 0.3) is 0 Å². The van der Waals surface area contributed by atoms with Crippen LogP contribution in [-0.2, 0) is 0 Å². The van der Waals surface area contributed by atoms with Gasteiger partial charge in [-0.3, -0.25) is 0 Å². The lowest BCUT2D eigenvalue weighted by atomic mass is 9.78. The minimum atomic E-state index is 0.924. The van der Waals surface area contributed by atoms with E-state index in [9.17, 15) is 0 Å². The zero-order chi connectivity index (χ0) is 14.5. The van der Waals surface area contributed by atoms with E-state index in [1.165, 1.54) is 32.6 Å². The number of benzene rings is 1. The molecule has 0 radical (unpaired) electrons. The van der Waals surface area contributed by atoms with Crippen LogP contribution in [0, 0.1) is 29.1 Å². The first-order valence-corrected chi connectivity index (χ1v) is 7.42. The van der Waals surface area contributed by atoms with E-state index in [0.29, 0.717) is 0 Å². The minimum Gasteiger partial charge on any atom is -0.199 e. The van der Waals surface area contributed by atoms with E-state index in [0.717, 1.165) is 17.8 Å². The molecule has 0 aliphatic heterocycles. The van der Waals surface area contributed by atoms with Gasteiger partial charge < -0.3 is 0 Å². The molecule has 1 aromatic carbocycles. The van der Waals surface area contributed by atoms with Gasteiger partial charge in [-0.05, 0) is 30.6 Å². The second-order valence-electron chi connectivity index (χ2n) is 5.64. The zero-order valence-corrected chi connectivity index (χ0v) is 13.0. The average molecular weight is 259 g/mol. The monoisotopic (exact) mass is 259 g/mol. The first kappa shape index (κ1) is 17.7. The van der Waals surface area contributed by atoms with Crippen molar-refractivity contribution in [2.75, 3.05) is 0 Å². The maximum Gasteiger partial charge on any atom is 0.0587 e. The highest BCUT2D eigenvalue weighted by Crippen LogP contribution is 2.32. The molecule has 1 aliphatic rings. The van der Waals surface area contributed by atoms with Crippen LogP contribution in [0.1, 0.15) is 53.4 Å². The molecule has 0 aromatic heterocycles. The summed E-state index contributed by atoms with van der Waals surface area (Å²) in [5.74, 6) is 2.97. The molecule has 1 heteroatoms. The van der Waals surface area contributed by atoms with Crippen LogP contribution >= 0.6 is 0 Å². The highest BCUT2D eigenvalue weighted by atomic mass is 14.3. The molecule has 0 unspecified atom stereocenters. The quantitative estimate of drug-likeness (QED) is 0.636. The predicted molar refractivity (Wildman–Crippen MR) is 83.7 cm³/mol. The fourth-order valence-electron chi connectivity index (χ4n) is 2.34. The first-order valence-electron chi connectivity index (χ1n) is 7.42. The second-order valence-corrected chi connectivity index (χ2v) is 5.64. The summed E-state index contributed by atoms with van der Waals surface area (Å²) in [4.78, 5) is 0. The maximum absolute atomic E-state index is 7.32. The molecular weight excluding hydrogens is 230 g/mol. The molecule has 0 amide bonds. The van der Waals surface area contributed by atoms with Gasteiger partial charge in [-0.2, -0.15) is 5.26 Å². The summed E-state index contributed by atoms with van der Waals surface area (Å²) >= 11 is 0. The summed E-state index contributed by atoms with van der Waals surface area (Å²) in [7, 11) is 0. The number of nitriles is 1. The average Bonchev–Trinajstić information content (AvgIpc) is 2.43. The van der Waals surface area contributed by atoms with E-state index >= 15 is 0 Å². The largest absolute Gasteiger partial charge is 0.199 e. The van der Waals surface area contributed by atoms with Gasteiger partial charge in [0.05, 0.1) is 6.07 Å². The van der Waals surface area contributed by atoms with Crippen molar-refractivity contribution in [2.24, 2.45) is 17.8 Å². The summed E-state index contributed by atoms with van der Waals surface area (Å²) in [6.07, 6.45) is 5.92. The lowest BCUT2D eigenvalue weighted by Gasteiger charge is -2.28. The molecule has 1 fully saturated rings. The van der Waals surface area contributed by atoms with Crippen LogP contribution in [0.2, 0.25) is 0 Å². The number of hydrogen-bond acceptors (Lipinski definition) is 1. The van der Waals surface area contributed by atoms with Crippen LogP contribution in [0.15, 0.2) is 36.4 Å². The van der Waals surface area contributed by atoms with Gasteiger partial charge in [0, 0.05) is 6.92 Å². The fraction of sp³-hybridized carbons (Fsp3) is 0.611. The Morgan fingerprint density at radius 3 is 1.47 bits per heavy atom. The summed E-state index contributed by atoms with van der Waals surface area (Å²) in [5, 5.41) is 7.32. The SMILES string of the molecule is CC#N.CC1CCC(C(C)C)CC1.c1ccccc1. The van der Waals surface area contributed by atoms with Crippen molar-refractivity contribution in [1.82, 2.24) is 0 Å². The lowest BCUT2D eigenvalue weighted by Crippen LogP contribution is -2.16. The van der Waals surface area contributed by atoms with Crippen molar-refractivity contribution in [2.45, 2.75) is 53.4 Å². The summed E-state index contributed by atoms with van der Waals surface area (Å²) in [6, 6.07) is 13.8. The van der Waals surface area contributed by atoms with E-state index in [1.807, 2.05) is 36.4 Å². The molecule has 0 spiro atoms. The van der Waals surface area contributed by atoms with E-state index in [2.05, 4.69) is 20.8 Å². The molecule has 19 heavy (non-hydrogen) atoms. The first-order chi connectivity index (χ1) is 9.11. The normalized spacial score (nSPS) is 21.3. The van der Waals surface area contributed by atoms with Crippen molar-refractivity contribution in [1.29, 1.82) is 5.26 Å². The lowest BCUT2D eigenvalue weighted by molar-refractivity contribution is 0.234. The Morgan fingerprint density at radius 2 is 1.21 bits per heavy atom. The maximum atomic E-state index is 7.32. The Labute approximate surface area is 119 Å². The molecule has 0 atom stereocenters. The van der Waals surface area contributed by atoms with Crippen molar-refractivity contribution in [3.8, 4) is 6.07 Å². The third kappa shape index (κ3) is 10.3. The van der Waals surface area contributed by atoms with Gasteiger partial charge >= 0.3 is 0 Å². The van der Waals surface area contributed by atoms with Crippen molar-refractivity contribution in [3.63, 3.8) is 0 Å². The smallest absolute Gasteiger partial charge is 0.0587 e. The van der Waals surface area contributed by atoms with Gasteiger partial charge in [-0.1, -0.05) is 70.0 Å². The Hall–Kier alpha value is -1.29. The van der Waals surface area contributed by atoms with E-state index < -0.39 is 0 Å². The molecule has 2 rings (SSSR count). The molecule has 1 nitrogen and oxygen atoms in total. The third-order valence-electron chi connectivity index (χ3n) is 3.67. The van der Waals surface area contributed by atoms with Gasteiger partial charge in [0.15, 0.2) is 0 Å². The van der Waals surface area contributed by atoms with Crippen LogP contribution < -0.4 is 0 Å². The molecule has 1 aliphatic carbocycles. The summed E-state index contributed by atoms with van der Waals surface area (Å²) in [5.41, 5.74) is 0. The van der Waals surface area contributed by atoms with Gasteiger partial charge in [0.1, 0.15) is 0 Å². The third-order valence-corrected chi connectivity index (χ3v) is 3.67. The number of hydrogen-bond donors (Lipinski definition) is 0. The van der Waals surface area contributed by atoms with Crippen molar-refractivity contribution >= 4 is 0 Å². The molecule has 1 aromatic rings. The van der Waals surface area contributed by atoms with Gasteiger partial charge in [0.2, 0.25) is 0 Å². The zero-order valence-electron chi connectivity index (χ0n) is 13.0. The number of nitrogens with zero attached hydrogens (tertiary/aromatic N) is 1. The van der Waals surface area contributed by atoms with E-state index in [1.54, 1.807) is 6.07 Å². The van der Waals surface area contributed by atoms with Crippen LogP contribution in [-0.4, -0.2) is 0 Å². The molecule has 0 heterocycles. The van der Waals surface area contributed by atoms with Gasteiger partial charge in [0.25, 0.3) is 0 Å². The van der Waals surface area contributed by atoms with E-state index in [4.69, 9.17) is 5.26 Å². The highest BCUT2D eigenvalue weighted by Gasteiger charge is 2.19. The van der Waals surface area contributed by atoms with Crippen LogP contribution in [0.3, 0.4) is 0 Å². The highest BCUT2D eigenvalue weighted by molar-refractivity contribution is 4.99. The fourth-order valence-corrected chi connectivity index (χ4v) is 2.34. The van der Waals surface area contributed by atoms with E-state index in [-0.39, 0.29) is 0 Å². The molecule has 1 saturated carbocycles. The summed E-state index contributed by atoms with van der Waals surface area (Å²) < 4.78 is 0. The van der Waals surface area contributed by atoms with Crippen molar-refractivity contribution in [3.05, 3.63) is 36.4 Å². The second kappa shape index (κ2) is 11.8. The molecule has 0 N–H and O–H groups in total. The van der Waals surface area contributed by atoms with Crippen LogP contribution in [0.4, 0.5) is 0 Å². The minimum absolute atomic E-state index is 0.924. The Kier molecular flexibility index (Phi) is 11.0. The van der Waals surface area contributed by atoms with Gasteiger partial charge in [-0.15, -0.1) is 0 Å². The van der Waals surface area contributed by atoms with Gasteiger partial charge in [-0.25, -0.2) is 0 Å². The summed E-state index contributed by atoms with van der Waals surface area (Å²) in [6.45, 7) is 8.54. The molecule has 106 valence electrons. The molecular formula is C18H29N. The van der Waals surface area contributed by atoms with Crippen molar-refractivity contribution < 1.29 is 0 Å². The number of rotatable bonds is 1. The molecule has 0 saturated heterocycles. The van der Waals surface area contributed by atoms with Crippen LogP contribution in [0.5, 0.6) is 0 Å². The standard InChI is InChI=1S/C10H20.C6H6.C2H3N/c1-8(2)10-6-4-9(3)5-7-10;1-2-4-6-5-3-1;1-2-3/h8-10H,4-7H2,1-3H3;1-6H;1H3. The Balaban J connectivity index is 0.000000306. The predicted octanol–water partition coefficient (Wildman–Crippen LogP) is 5.69. The Bertz CT molecular complexity index is 289. The Morgan fingerprint density at radius 1 is 0.895 bits per heavy atom. The topological polar surface area (TPSA) is 23.8 Å². The molecule has 0 bridgehead atoms.